The highest BCUT2D eigenvalue weighted by Crippen LogP contribution is 2.26. The average molecular weight is 382 g/mol. The lowest BCUT2D eigenvalue weighted by molar-refractivity contribution is -0.0365. The standard InChI is InChI=1S/C13H14BrClN2O2.ClH/c14-10-5-8(15)1-2-9(10)13(18)17-3-4-19-12-7-16-6-11(12)17;/h1-2,5,11-12,16H,3-4,6-7H2;1H/t11-,12+;/m1./s1. The van der Waals surface area contributed by atoms with Crippen LogP contribution in [0.5, 0.6) is 0 Å². The SMILES string of the molecule is Cl.O=C(c1ccc(Cl)cc1Br)N1CCO[C@H]2CNC[C@H]21. The number of hydrogen-bond donors (Lipinski definition) is 1. The van der Waals surface area contributed by atoms with Gasteiger partial charge in [-0.15, -0.1) is 12.4 Å². The van der Waals surface area contributed by atoms with Crippen LogP contribution in [0.15, 0.2) is 22.7 Å². The third-order valence-corrected chi connectivity index (χ3v) is 4.51. The monoisotopic (exact) mass is 380 g/mol. The number of ether oxygens (including phenoxy) is 1. The van der Waals surface area contributed by atoms with Crippen LogP contribution in [0.25, 0.3) is 0 Å². The maximum atomic E-state index is 12.6. The van der Waals surface area contributed by atoms with Gasteiger partial charge in [0.1, 0.15) is 0 Å². The summed E-state index contributed by atoms with van der Waals surface area (Å²) in [4.78, 5) is 14.5. The zero-order valence-electron chi connectivity index (χ0n) is 10.6. The highest BCUT2D eigenvalue weighted by atomic mass is 79.9. The molecule has 2 atom stereocenters. The van der Waals surface area contributed by atoms with Gasteiger partial charge in [-0.3, -0.25) is 4.79 Å². The van der Waals surface area contributed by atoms with Crippen molar-refractivity contribution < 1.29 is 9.53 Å². The van der Waals surface area contributed by atoms with E-state index in [9.17, 15) is 4.79 Å². The normalized spacial score (nSPS) is 25.0. The molecule has 0 unspecified atom stereocenters. The molecule has 0 saturated carbocycles. The Bertz CT molecular complexity index is 515. The van der Waals surface area contributed by atoms with Crippen molar-refractivity contribution in [2.45, 2.75) is 12.1 Å². The van der Waals surface area contributed by atoms with Gasteiger partial charge in [0, 0.05) is 29.1 Å². The molecule has 0 radical (unpaired) electrons. The quantitative estimate of drug-likeness (QED) is 0.811. The third kappa shape index (κ3) is 2.97. The number of morpholine rings is 1. The molecular formula is C13H15BrCl2N2O2. The van der Waals surface area contributed by atoms with E-state index in [2.05, 4.69) is 21.2 Å². The molecule has 20 heavy (non-hydrogen) atoms. The molecule has 7 heteroatoms. The molecule has 4 nitrogen and oxygen atoms in total. The predicted octanol–water partition coefficient (Wildman–Crippen LogP) is 2.34. The van der Waals surface area contributed by atoms with Crippen molar-refractivity contribution in [1.82, 2.24) is 10.2 Å². The van der Waals surface area contributed by atoms with Gasteiger partial charge in [-0.05, 0) is 34.1 Å². The molecule has 2 saturated heterocycles. The Morgan fingerprint density at radius 3 is 3.00 bits per heavy atom. The minimum absolute atomic E-state index is 0. The van der Waals surface area contributed by atoms with E-state index in [0.717, 1.165) is 17.6 Å². The zero-order valence-corrected chi connectivity index (χ0v) is 13.8. The first-order chi connectivity index (χ1) is 9.16. The fourth-order valence-corrected chi connectivity index (χ4v) is 3.51. The highest BCUT2D eigenvalue weighted by Gasteiger charge is 2.38. The third-order valence-electron chi connectivity index (χ3n) is 3.62. The van der Waals surface area contributed by atoms with E-state index in [4.69, 9.17) is 16.3 Å². The van der Waals surface area contributed by atoms with Gasteiger partial charge in [0.15, 0.2) is 0 Å². The summed E-state index contributed by atoms with van der Waals surface area (Å²) < 4.78 is 6.41. The number of carbonyl (C=O) groups excluding carboxylic acids is 1. The van der Waals surface area contributed by atoms with Crippen LogP contribution in [-0.2, 0) is 4.74 Å². The van der Waals surface area contributed by atoms with Gasteiger partial charge in [-0.2, -0.15) is 0 Å². The van der Waals surface area contributed by atoms with Crippen LogP contribution in [0.2, 0.25) is 5.02 Å². The number of rotatable bonds is 1. The molecule has 2 fully saturated rings. The minimum atomic E-state index is 0. The van der Waals surface area contributed by atoms with Crippen molar-refractivity contribution in [1.29, 1.82) is 0 Å². The fraction of sp³-hybridized carbons (Fsp3) is 0.462. The van der Waals surface area contributed by atoms with E-state index in [1.54, 1.807) is 18.2 Å². The molecular weight excluding hydrogens is 367 g/mol. The van der Waals surface area contributed by atoms with Crippen molar-refractivity contribution >= 4 is 45.8 Å². The average Bonchev–Trinajstić information content (AvgIpc) is 2.86. The number of amides is 1. The van der Waals surface area contributed by atoms with Gasteiger partial charge in [0.2, 0.25) is 0 Å². The first-order valence-electron chi connectivity index (χ1n) is 6.25. The van der Waals surface area contributed by atoms with Gasteiger partial charge < -0.3 is 15.0 Å². The Hall–Kier alpha value is -0.330. The molecule has 0 aromatic heterocycles. The molecule has 110 valence electrons. The molecule has 0 aliphatic carbocycles. The Balaban J connectivity index is 0.00000147. The molecule has 0 spiro atoms. The second kappa shape index (κ2) is 6.62. The zero-order chi connectivity index (χ0) is 13.4. The summed E-state index contributed by atoms with van der Waals surface area (Å²) in [5.41, 5.74) is 0.650. The van der Waals surface area contributed by atoms with E-state index >= 15 is 0 Å². The lowest BCUT2D eigenvalue weighted by Crippen LogP contribution is -2.53. The number of nitrogens with one attached hydrogen (secondary N) is 1. The summed E-state index contributed by atoms with van der Waals surface area (Å²) in [6, 6.07) is 5.38. The maximum Gasteiger partial charge on any atom is 0.255 e. The molecule has 1 aromatic carbocycles. The first kappa shape index (κ1) is 16.0. The molecule has 1 amide bonds. The van der Waals surface area contributed by atoms with E-state index in [1.165, 1.54) is 0 Å². The highest BCUT2D eigenvalue weighted by molar-refractivity contribution is 9.10. The van der Waals surface area contributed by atoms with Gasteiger partial charge in [-0.1, -0.05) is 11.6 Å². The number of fused-ring (bicyclic) bond motifs is 1. The number of carbonyl (C=O) groups is 1. The largest absolute Gasteiger partial charge is 0.373 e. The second-order valence-electron chi connectivity index (χ2n) is 4.76. The van der Waals surface area contributed by atoms with Gasteiger partial charge in [0.05, 0.1) is 24.3 Å². The van der Waals surface area contributed by atoms with Gasteiger partial charge in [0.25, 0.3) is 5.91 Å². The van der Waals surface area contributed by atoms with Crippen LogP contribution in [0, 0.1) is 0 Å². The second-order valence-corrected chi connectivity index (χ2v) is 6.05. The van der Waals surface area contributed by atoms with Crippen LogP contribution in [0.3, 0.4) is 0 Å². The summed E-state index contributed by atoms with van der Waals surface area (Å²) in [6.07, 6.45) is 0.115. The van der Waals surface area contributed by atoms with Crippen LogP contribution >= 0.6 is 39.9 Å². The molecule has 1 aromatic rings. The Morgan fingerprint density at radius 2 is 2.25 bits per heavy atom. The summed E-state index contributed by atoms with van der Waals surface area (Å²) >= 11 is 9.32. The van der Waals surface area contributed by atoms with E-state index in [1.807, 2.05) is 4.90 Å². The molecule has 3 rings (SSSR count). The van der Waals surface area contributed by atoms with Crippen molar-refractivity contribution in [3.63, 3.8) is 0 Å². The lowest BCUT2D eigenvalue weighted by Gasteiger charge is -2.37. The Labute approximate surface area is 137 Å². The minimum Gasteiger partial charge on any atom is -0.373 e. The molecule has 2 aliphatic rings. The van der Waals surface area contributed by atoms with Crippen LogP contribution < -0.4 is 5.32 Å². The van der Waals surface area contributed by atoms with Gasteiger partial charge in [-0.25, -0.2) is 0 Å². The van der Waals surface area contributed by atoms with E-state index in [-0.39, 0.29) is 30.5 Å². The number of hydrogen-bond acceptors (Lipinski definition) is 3. The molecule has 2 aliphatic heterocycles. The van der Waals surface area contributed by atoms with Crippen LogP contribution in [-0.4, -0.2) is 49.2 Å². The summed E-state index contributed by atoms with van der Waals surface area (Å²) in [7, 11) is 0. The van der Waals surface area contributed by atoms with E-state index in [0.29, 0.717) is 23.7 Å². The lowest BCUT2D eigenvalue weighted by atomic mass is 10.1. The number of nitrogens with zero attached hydrogens (tertiary/aromatic N) is 1. The smallest absolute Gasteiger partial charge is 0.255 e. The fourth-order valence-electron chi connectivity index (χ4n) is 2.66. The summed E-state index contributed by atoms with van der Waals surface area (Å²) in [6.45, 7) is 2.84. The van der Waals surface area contributed by atoms with Crippen molar-refractivity contribution in [3.8, 4) is 0 Å². The van der Waals surface area contributed by atoms with Crippen LogP contribution in [0.4, 0.5) is 0 Å². The van der Waals surface area contributed by atoms with Gasteiger partial charge >= 0.3 is 0 Å². The molecule has 0 bridgehead atoms. The van der Waals surface area contributed by atoms with Crippen molar-refractivity contribution in [2.24, 2.45) is 0 Å². The Kier molecular flexibility index (Phi) is 5.31. The molecule has 1 N–H and O–H groups in total. The number of benzene rings is 1. The first-order valence-corrected chi connectivity index (χ1v) is 7.42. The predicted molar refractivity (Wildman–Crippen MR) is 83.8 cm³/mol. The van der Waals surface area contributed by atoms with Crippen LogP contribution in [0.1, 0.15) is 10.4 Å². The maximum absolute atomic E-state index is 12.6. The van der Waals surface area contributed by atoms with E-state index < -0.39 is 0 Å². The number of halogens is 3. The topological polar surface area (TPSA) is 41.6 Å². The molecule has 2 heterocycles. The Morgan fingerprint density at radius 1 is 1.45 bits per heavy atom. The van der Waals surface area contributed by atoms with Crippen molar-refractivity contribution in [3.05, 3.63) is 33.3 Å². The van der Waals surface area contributed by atoms with Crippen molar-refractivity contribution in [2.75, 3.05) is 26.2 Å². The summed E-state index contributed by atoms with van der Waals surface area (Å²) in [5.74, 6) is 0.0329. The summed E-state index contributed by atoms with van der Waals surface area (Å²) in [5, 5.41) is 3.89.